The second kappa shape index (κ2) is 7.71. The second-order valence-electron chi connectivity index (χ2n) is 3.79. The molecule has 3 N–H and O–H groups in total. The molecule has 7 nitrogen and oxygen atoms in total. The minimum atomic E-state index is -1.17. The summed E-state index contributed by atoms with van der Waals surface area (Å²) in [6.45, 7) is -0.116. The minimum absolute atomic E-state index is 0.116. The van der Waals surface area contributed by atoms with Gasteiger partial charge in [0.2, 0.25) is 0 Å². The van der Waals surface area contributed by atoms with Crippen LogP contribution in [0.3, 0.4) is 0 Å². The summed E-state index contributed by atoms with van der Waals surface area (Å²) in [5.74, 6) is -0.545. The number of urea groups is 1. The van der Waals surface area contributed by atoms with Crippen LogP contribution in [-0.2, 0) is 9.53 Å². The summed E-state index contributed by atoms with van der Waals surface area (Å²) in [7, 11) is 2.89. The summed E-state index contributed by atoms with van der Waals surface area (Å²) >= 11 is 3.29. The fraction of sp³-hybridized carbons (Fsp3) is 0.333. The summed E-state index contributed by atoms with van der Waals surface area (Å²) in [4.78, 5) is 22.5. The number of ether oxygens (including phenoxy) is 2. The molecular weight excluding hydrogens is 332 g/mol. The number of nitrogens with one attached hydrogen (secondary N) is 2. The highest BCUT2D eigenvalue weighted by molar-refractivity contribution is 9.10. The molecule has 0 aromatic heterocycles. The Hall–Kier alpha value is -1.80. The lowest BCUT2D eigenvalue weighted by atomic mass is 10.3. The van der Waals surface area contributed by atoms with Crippen LogP contribution in [0.2, 0.25) is 0 Å². The third-order valence-corrected chi connectivity index (χ3v) is 2.97. The Morgan fingerprint density at radius 2 is 2.10 bits per heavy atom. The van der Waals surface area contributed by atoms with E-state index in [1.54, 1.807) is 18.2 Å². The molecule has 0 radical (unpaired) electrons. The molecule has 20 heavy (non-hydrogen) atoms. The zero-order chi connectivity index (χ0) is 15.1. The first-order valence-electron chi connectivity index (χ1n) is 5.60. The van der Waals surface area contributed by atoms with E-state index in [0.717, 1.165) is 0 Å². The number of hydrogen-bond acceptors (Lipinski definition) is 4. The van der Waals surface area contributed by atoms with Gasteiger partial charge in [0.05, 0.1) is 18.2 Å². The van der Waals surface area contributed by atoms with Crippen molar-refractivity contribution in [3.63, 3.8) is 0 Å². The number of benzene rings is 1. The van der Waals surface area contributed by atoms with Crippen LogP contribution in [0.25, 0.3) is 0 Å². The van der Waals surface area contributed by atoms with Gasteiger partial charge in [0.25, 0.3) is 0 Å². The molecule has 110 valence electrons. The van der Waals surface area contributed by atoms with Gasteiger partial charge in [-0.2, -0.15) is 0 Å². The SMILES string of the molecule is COCC(NC(=O)Nc1ccc(OC)c(Br)c1)C(=O)O. The average Bonchev–Trinajstić information content (AvgIpc) is 2.38. The molecule has 1 atom stereocenters. The van der Waals surface area contributed by atoms with E-state index in [1.165, 1.54) is 14.2 Å². The van der Waals surface area contributed by atoms with Gasteiger partial charge in [0.15, 0.2) is 6.04 Å². The Kier molecular flexibility index (Phi) is 6.26. The van der Waals surface area contributed by atoms with Gasteiger partial charge in [-0.3, -0.25) is 0 Å². The molecule has 0 fully saturated rings. The van der Waals surface area contributed by atoms with Gasteiger partial charge in [0.1, 0.15) is 5.75 Å². The van der Waals surface area contributed by atoms with Crippen molar-refractivity contribution in [1.82, 2.24) is 5.32 Å². The predicted octanol–water partition coefficient (Wildman–Crippen LogP) is 1.68. The topological polar surface area (TPSA) is 96.9 Å². The van der Waals surface area contributed by atoms with Crippen LogP contribution >= 0.6 is 15.9 Å². The highest BCUT2D eigenvalue weighted by atomic mass is 79.9. The first kappa shape index (κ1) is 16.3. The fourth-order valence-electron chi connectivity index (χ4n) is 1.41. The number of aliphatic carboxylic acids is 1. The van der Waals surface area contributed by atoms with Crippen molar-refractivity contribution < 1.29 is 24.2 Å². The van der Waals surface area contributed by atoms with Gasteiger partial charge in [-0.25, -0.2) is 9.59 Å². The number of amides is 2. The lowest BCUT2D eigenvalue weighted by Crippen LogP contribution is -2.45. The molecule has 0 saturated carbocycles. The van der Waals surface area contributed by atoms with Crippen LogP contribution in [0, 0.1) is 0 Å². The number of carboxylic acids is 1. The first-order valence-corrected chi connectivity index (χ1v) is 6.40. The van der Waals surface area contributed by atoms with E-state index < -0.39 is 18.0 Å². The van der Waals surface area contributed by atoms with E-state index in [2.05, 4.69) is 26.6 Å². The molecule has 0 aliphatic rings. The van der Waals surface area contributed by atoms with Crippen molar-refractivity contribution in [3.05, 3.63) is 22.7 Å². The Labute approximate surface area is 124 Å². The summed E-state index contributed by atoms with van der Waals surface area (Å²) in [6.07, 6.45) is 0. The molecular formula is C12H15BrN2O5. The zero-order valence-corrected chi connectivity index (χ0v) is 12.6. The molecule has 1 rings (SSSR count). The van der Waals surface area contributed by atoms with Gasteiger partial charge >= 0.3 is 12.0 Å². The molecule has 0 heterocycles. The summed E-state index contributed by atoms with van der Waals surface area (Å²) < 4.78 is 10.5. The second-order valence-corrected chi connectivity index (χ2v) is 4.65. The molecule has 0 saturated heterocycles. The molecule has 0 aliphatic heterocycles. The maximum absolute atomic E-state index is 11.7. The first-order chi connectivity index (χ1) is 9.47. The van der Waals surface area contributed by atoms with Crippen molar-refractivity contribution in [3.8, 4) is 5.75 Å². The smallest absolute Gasteiger partial charge is 0.328 e. The van der Waals surface area contributed by atoms with E-state index in [4.69, 9.17) is 14.6 Å². The molecule has 1 aromatic rings. The molecule has 0 bridgehead atoms. The van der Waals surface area contributed by atoms with Crippen molar-refractivity contribution in [2.24, 2.45) is 0 Å². The van der Waals surface area contributed by atoms with Crippen molar-refractivity contribution in [2.75, 3.05) is 26.1 Å². The Morgan fingerprint density at radius 1 is 1.40 bits per heavy atom. The van der Waals surface area contributed by atoms with Crippen LogP contribution < -0.4 is 15.4 Å². The molecule has 0 aliphatic carbocycles. The Morgan fingerprint density at radius 3 is 2.60 bits per heavy atom. The van der Waals surface area contributed by atoms with Crippen LogP contribution in [0.15, 0.2) is 22.7 Å². The van der Waals surface area contributed by atoms with Crippen molar-refractivity contribution in [2.45, 2.75) is 6.04 Å². The average molecular weight is 347 g/mol. The number of halogens is 1. The number of carbonyl (C=O) groups is 2. The highest BCUT2D eigenvalue weighted by Crippen LogP contribution is 2.27. The number of carboxylic acid groups (broad SMARTS) is 1. The molecule has 1 aromatic carbocycles. The van der Waals surface area contributed by atoms with Crippen molar-refractivity contribution >= 4 is 33.6 Å². The fourth-order valence-corrected chi connectivity index (χ4v) is 1.95. The summed E-state index contributed by atoms with van der Waals surface area (Å²) in [5.41, 5.74) is 0.497. The van der Waals surface area contributed by atoms with Gasteiger partial charge in [0, 0.05) is 12.8 Å². The van der Waals surface area contributed by atoms with Crippen LogP contribution in [0.1, 0.15) is 0 Å². The van der Waals surface area contributed by atoms with E-state index in [-0.39, 0.29) is 6.61 Å². The standard InChI is InChI=1S/C12H15BrN2O5/c1-19-6-9(11(16)17)15-12(18)14-7-3-4-10(20-2)8(13)5-7/h3-5,9H,6H2,1-2H3,(H,16,17)(H2,14,15,18). The lowest BCUT2D eigenvalue weighted by Gasteiger charge is -2.14. The molecule has 8 heteroatoms. The molecule has 2 amide bonds. The lowest BCUT2D eigenvalue weighted by molar-refractivity contribution is -0.140. The largest absolute Gasteiger partial charge is 0.496 e. The summed E-state index contributed by atoms with van der Waals surface area (Å²) in [6, 6.07) is 3.21. The van der Waals surface area contributed by atoms with Crippen LogP contribution in [0.5, 0.6) is 5.75 Å². The van der Waals surface area contributed by atoms with Gasteiger partial charge in [-0.15, -0.1) is 0 Å². The zero-order valence-electron chi connectivity index (χ0n) is 11.0. The van der Waals surface area contributed by atoms with Gasteiger partial charge in [-0.1, -0.05) is 0 Å². The minimum Gasteiger partial charge on any atom is -0.496 e. The molecule has 1 unspecified atom stereocenters. The number of carbonyl (C=O) groups excluding carboxylic acids is 1. The van der Waals surface area contributed by atoms with Crippen LogP contribution in [0.4, 0.5) is 10.5 Å². The van der Waals surface area contributed by atoms with Crippen molar-refractivity contribution in [1.29, 1.82) is 0 Å². The maximum atomic E-state index is 11.7. The molecule has 0 spiro atoms. The third-order valence-electron chi connectivity index (χ3n) is 2.35. The summed E-state index contributed by atoms with van der Waals surface area (Å²) in [5, 5.41) is 13.7. The number of hydrogen-bond donors (Lipinski definition) is 3. The predicted molar refractivity (Wildman–Crippen MR) is 76.1 cm³/mol. The van der Waals surface area contributed by atoms with E-state index in [9.17, 15) is 9.59 Å². The van der Waals surface area contributed by atoms with E-state index >= 15 is 0 Å². The number of rotatable bonds is 6. The van der Waals surface area contributed by atoms with Gasteiger partial charge < -0.3 is 25.2 Å². The third kappa shape index (κ3) is 4.71. The van der Waals surface area contributed by atoms with Crippen LogP contribution in [-0.4, -0.2) is 44.0 Å². The highest BCUT2D eigenvalue weighted by Gasteiger charge is 2.19. The van der Waals surface area contributed by atoms with E-state index in [0.29, 0.717) is 15.9 Å². The number of anilines is 1. The maximum Gasteiger partial charge on any atom is 0.328 e. The number of methoxy groups -OCH3 is 2. The van der Waals surface area contributed by atoms with E-state index in [1.807, 2.05) is 0 Å². The monoisotopic (exact) mass is 346 g/mol. The normalized spacial score (nSPS) is 11.6. The Balaban J connectivity index is 2.66. The Bertz CT molecular complexity index is 495. The quantitative estimate of drug-likeness (QED) is 0.728. The van der Waals surface area contributed by atoms with Gasteiger partial charge in [-0.05, 0) is 34.1 Å².